The molecule has 0 aromatic heterocycles. The lowest BCUT2D eigenvalue weighted by Crippen LogP contribution is -2.32. The van der Waals surface area contributed by atoms with Crippen LogP contribution in [0.3, 0.4) is 0 Å². The van der Waals surface area contributed by atoms with Crippen molar-refractivity contribution < 1.29 is 19.8 Å². The van der Waals surface area contributed by atoms with E-state index in [1.165, 1.54) is 26.9 Å². The van der Waals surface area contributed by atoms with Crippen LogP contribution >= 0.6 is 0 Å². The maximum absolute atomic E-state index is 11.1. The van der Waals surface area contributed by atoms with E-state index in [0.717, 1.165) is 16.6 Å². The Morgan fingerprint density at radius 2 is 1.35 bits per heavy atom. The number of carboxylic acid groups (broad SMARTS) is 2. The van der Waals surface area contributed by atoms with Gasteiger partial charge in [-0.3, -0.25) is 9.59 Å². The molecule has 0 aliphatic carbocycles. The first-order valence-corrected chi connectivity index (χ1v) is 11.0. The van der Waals surface area contributed by atoms with Gasteiger partial charge in [-0.2, -0.15) is 0 Å². The molecule has 0 saturated heterocycles. The number of carbonyl (C=O) groups is 2. The van der Waals surface area contributed by atoms with E-state index < -0.39 is 24.0 Å². The van der Waals surface area contributed by atoms with Gasteiger partial charge in [-0.1, -0.05) is 78.9 Å². The minimum atomic E-state index is -0.959. The molecule has 5 N–H and O–H groups in total. The molecule has 5 rings (SSSR count). The van der Waals surface area contributed by atoms with Crippen LogP contribution in [0, 0.1) is 0 Å². The van der Waals surface area contributed by atoms with Gasteiger partial charge < -0.3 is 21.3 Å². The van der Waals surface area contributed by atoms with Crippen molar-refractivity contribution in [3.05, 3.63) is 90.5 Å². The second kappa shape index (κ2) is 9.77. The van der Waals surface area contributed by atoms with Gasteiger partial charge in [-0.05, 0) is 51.9 Å². The van der Waals surface area contributed by atoms with E-state index in [1.807, 2.05) is 42.5 Å². The molecule has 0 spiro atoms. The van der Waals surface area contributed by atoms with Crippen molar-refractivity contribution in [2.75, 3.05) is 5.32 Å². The van der Waals surface area contributed by atoms with Crippen LogP contribution in [0.25, 0.3) is 32.3 Å². The van der Waals surface area contributed by atoms with Gasteiger partial charge in [0, 0.05) is 11.1 Å². The average molecular weight is 455 g/mol. The van der Waals surface area contributed by atoms with Gasteiger partial charge in [0.15, 0.2) is 0 Å². The van der Waals surface area contributed by atoms with Crippen LogP contribution in [0.4, 0.5) is 5.69 Å². The molecular formula is C28H26N2O4. The summed E-state index contributed by atoms with van der Waals surface area (Å²) in [5, 5.41) is 27.8. The third-order valence-electron chi connectivity index (χ3n) is 5.89. The zero-order valence-electron chi connectivity index (χ0n) is 18.7. The molecule has 0 aliphatic heterocycles. The van der Waals surface area contributed by atoms with Gasteiger partial charge in [0.25, 0.3) is 0 Å². The Balaban J connectivity index is 0.000000195. The lowest BCUT2D eigenvalue weighted by Gasteiger charge is -2.16. The van der Waals surface area contributed by atoms with Crippen molar-refractivity contribution in [2.45, 2.75) is 25.4 Å². The summed E-state index contributed by atoms with van der Waals surface area (Å²) in [7, 11) is 0. The Labute approximate surface area is 197 Å². The average Bonchev–Trinajstić information content (AvgIpc) is 2.84. The molecule has 0 saturated carbocycles. The Kier molecular flexibility index (Phi) is 6.61. The van der Waals surface area contributed by atoms with Gasteiger partial charge in [-0.15, -0.1) is 0 Å². The largest absolute Gasteiger partial charge is 0.480 e. The van der Waals surface area contributed by atoms with Crippen molar-refractivity contribution in [3.8, 4) is 0 Å². The first kappa shape index (κ1) is 23.0. The second-order valence-corrected chi connectivity index (χ2v) is 8.31. The lowest BCUT2D eigenvalue weighted by molar-refractivity contribution is -0.139. The summed E-state index contributed by atoms with van der Waals surface area (Å²) in [4.78, 5) is 21.5. The highest BCUT2D eigenvalue weighted by Gasteiger charge is 2.15. The van der Waals surface area contributed by atoms with E-state index in [-0.39, 0.29) is 0 Å². The summed E-state index contributed by atoms with van der Waals surface area (Å²) in [5.74, 6) is -1.82. The van der Waals surface area contributed by atoms with Crippen LogP contribution < -0.4 is 11.1 Å². The molecule has 34 heavy (non-hydrogen) atoms. The third-order valence-corrected chi connectivity index (χ3v) is 5.89. The molecule has 2 atom stereocenters. The maximum Gasteiger partial charge on any atom is 0.325 e. The van der Waals surface area contributed by atoms with Crippen molar-refractivity contribution in [1.29, 1.82) is 0 Å². The van der Waals surface area contributed by atoms with Crippen LogP contribution in [0.2, 0.25) is 0 Å². The molecule has 0 amide bonds. The zero-order valence-corrected chi connectivity index (χ0v) is 18.7. The highest BCUT2D eigenvalue weighted by atomic mass is 16.4. The predicted molar refractivity (Wildman–Crippen MR) is 137 cm³/mol. The van der Waals surface area contributed by atoms with E-state index in [9.17, 15) is 9.59 Å². The number of anilines is 1. The van der Waals surface area contributed by atoms with Crippen molar-refractivity contribution in [1.82, 2.24) is 0 Å². The van der Waals surface area contributed by atoms with Crippen LogP contribution in [0.15, 0.2) is 84.9 Å². The van der Waals surface area contributed by atoms with E-state index in [4.69, 9.17) is 15.9 Å². The Hall–Kier alpha value is -4.16. The molecule has 0 unspecified atom stereocenters. The van der Waals surface area contributed by atoms with Gasteiger partial charge in [-0.25, -0.2) is 0 Å². The van der Waals surface area contributed by atoms with E-state index in [2.05, 4.69) is 47.8 Å². The molecule has 6 heteroatoms. The number of nitrogens with two attached hydrogens (primary N) is 1. The fourth-order valence-corrected chi connectivity index (χ4v) is 4.11. The Morgan fingerprint density at radius 1 is 0.765 bits per heavy atom. The number of rotatable bonds is 6. The van der Waals surface area contributed by atoms with Gasteiger partial charge in [0.05, 0.1) is 0 Å². The molecule has 6 nitrogen and oxygen atoms in total. The molecule has 0 aliphatic rings. The Morgan fingerprint density at radius 3 is 1.97 bits per heavy atom. The minimum absolute atomic E-state index is 0.385. The smallest absolute Gasteiger partial charge is 0.325 e. The fraction of sp³-hybridized carbons (Fsp3) is 0.143. The first-order chi connectivity index (χ1) is 16.3. The quantitative estimate of drug-likeness (QED) is 0.265. The molecule has 172 valence electrons. The summed E-state index contributed by atoms with van der Waals surface area (Å²) in [5.41, 5.74) is 7.16. The summed E-state index contributed by atoms with van der Waals surface area (Å²) in [6.45, 7) is 1.65. The monoisotopic (exact) mass is 454 g/mol. The van der Waals surface area contributed by atoms with Crippen LogP contribution in [0.5, 0.6) is 0 Å². The minimum Gasteiger partial charge on any atom is -0.480 e. The molecule has 0 bridgehead atoms. The summed E-state index contributed by atoms with van der Waals surface area (Å²) >= 11 is 0. The summed E-state index contributed by atoms with van der Waals surface area (Å²) in [6.07, 6.45) is 0.385. The first-order valence-electron chi connectivity index (χ1n) is 11.0. The van der Waals surface area contributed by atoms with E-state index >= 15 is 0 Å². The highest BCUT2D eigenvalue weighted by molar-refractivity contribution is 6.25. The zero-order chi connectivity index (χ0) is 24.2. The summed E-state index contributed by atoms with van der Waals surface area (Å²) in [6, 6.07) is 26.6. The molecule has 5 aromatic carbocycles. The molecule has 0 heterocycles. The van der Waals surface area contributed by atoms with Gasteiger partial charge in [0.2, 0.25) is 0 Å². The van der Waals surface area contributed by atoms with Crippen LogP contribution in [0.1, 0.15) is 12.5 Å². The third kappa shape index (κ3) is 4.77. The number of carboxylic acids is 2. The van der Waals surface area contributed by atoms with Crippen molar-refractivity contribution in [2.24, 2.45) is 5.73 Å². The van der Waals surface area contributed by atoms with Crippen LogP contribution in [-0.4, -0.2) is 34.2 Å². The number of nitrogens with one attached hydrogen (secondary N) is 1. The fourth-order valence-electron chi connectivity index (χ4n) is 4.11. The van der Waals surface area contributed by atoms with Gasteiger partial charge >= 0.3 is 11.9 Å². The molecule has 5 aromatic rings. The van der Waals surface area contributed by atoms with Crippen molar-refractivity contribution in [3.63, 3.8) is 0 Å². The molecule has 0 radical (unpaired) electrons. The number of benzene rings is 5. The number of hydrogen-bond donors (Lipinski definition) is 4. The lowest BCUT2D eigenvalue weighted by atomic mass is 9.93. The second-order valence-electron chi connectivity index (χ2n) is 8.31. The standard InChI is InChI=1S/C19H15NO2.C9H11NO2/c1-11(19(21)22)20-16-10-8-14-6-5-12-3-2-4-13-7-9-15(16)18(14)17(12)13;10-8(9(11)12)6-7-4-2-1-3-5-7/h2-11,20H,1H3,(H,21,22);1-5,8H,6,10H2,(H,11,12)/t11-;8-/m00/s1. The number of aliphatic carboxylic acids is 2. The van der Waals surface area contributed by atoms with E-state index in [0.29, 0.717) is 6.42 Å². The number of hydrogen-bond acceptors (Lipinski definition) is 4. The maximum atomic E-state index is 11.1. The van der Waals surface area contributed by atoms with E-state index in [1.54, 1.807) is 6.92 Å². The molecular weight excluding hydrogens is 428 g/mol. The van der Waals surface area contributed by atoms with Gasteiger partial charge in [0.1, 0.15) is 12.1 Å². The predicted octanol–water partition coefficient (Wildman–Crippen LogP) is 5.11. The topological polar surface area (TPSA) is 113 Å². The molecule has 0 fully saturated rings. The highest BCUT2D eigenvalue weighted by Crippen LogP contribution is 2.37. The van der Waals surface area contributed by atoms with Crippen molar-refractivity contribution >= 4 is 49.9 Å². The summed E-state index contributed by atoms with van der Waals surface area (Å²) < 4.78 is 0. The Bertz CT molecular complexity index is 1430. The SMILES string of the molecule is C[C@H](Nc1ccc2ccc3cccc4ccc1c2c34)C(=O)O.N[C@@H](Cc1ccccc1)C(=O)O. The van der Waals surface area contributed by atoms with Crippen LogP contribution in [-0.2, 0) is 16.0 Å². The normalized spacial score (nSPS) is 12.8.